The number of pyridine rings is 1. The zero-order valence-electron chi connectivity index (χ0n) is 16.0. The number of para-hydroxylation sites is 1. The number of aromatic amines is 1. The number of nitrogens with one attached hydrogen (secondary N) is 1. The lowest BCUT2D eigenvalue weighted by Gasteiger charge is -2.34. The highest BCUT2D eigenvalue weighted by molar-refractivity contribution is 6.07. The molecule has 1 aromatic carbocycles. The zero-order chi connectivity index (χ0) is 20.0. The normalized spacial score (nSPS) is 14.7. The number of benzene rings is 1. The summed E-state index contributed by atoms with van der Waals surface area (Å²) in [6.07, 6.45) is 3.44. The summed E-state index contributed by atoms with van der Waals surface area (Å²) in [5, 5.41) is 1.46. The number of rotatable bonds is 2. The van der Waals surface area contributed by atoms with Crippen LogP contribution >= 0.6 is 0 Å². The largest absolute Gasteiger partial charge is 0.339 e. The van der Waals surface area contributed by atoms with Gasteiger partial charge in [-0.3, -0.25) is 9.59 Å². The van der Waals surface area contributed by atoms with E-state index in [1.54, 1.807) is 24.5 Å². The number of fused-ring (bicyclic) bond motifs is 3. The highest BCUT2D eigenvalue weighted by Crippen LogP contribution is 2.25. The zero-order valence-corrected chi connectivity index (χ0v) is 16.0. The molecule has 1 fully saturated rings. The van der Waals surface area contributed by atoms with Crippen molar-refractivity contribution in [2.45, 2.75) is 0 Å². The highest BCUT2D eigenvalue weighted by atomic mass is 16.2. The van der Waals surface area contributed by atoms with Gasteiger partial charge in [0.15, 0.2) is 0 Å². The van der Waals surface area contributed by atoms with Crippen molar-refractivity contribution in [1.29, 1.82) is 0 Å². The van der Waals surface area contributed by atoms with E-state index in [4.69, 9.17) is 0 Å². The van der Waals surface area contributed by atoms with Crippen LogP contribution in [0.15, 0.2) is 53.6 Å². The van der Waals surface area contributed by atoms with E-state index in [-0.39, 0.29) is 11.5 Å². The quantitative estimate of drug-likeness (QED) is 0.566. The van der Waals surface area contributed by atoms with Gasteiger partial charge in [-0.05, 0) is 18.2 Å². The molecule has 0 saturated carbocycles. The molecule has 0 atom stereocenters. The average Bonchev–Trinajstić information content (AvgIpc) is 3.12. The number of carbonyl (C=O) groups excluding carboxylic acids is 1. The summed E-state index contributed by atoms with van der Waals surface area (Å²) in [5.41, 5.74) is 1.89. The van der Waals surface area contributed by atoms with Crippen LogP contribution in [0.3, 0.4) is 0 Å². The summed E-state index contributed by atoms with van der Waals surface area (Å²) in [7, 11) is 1.84. The molecule has 8 heteroatoms. The standard InChI is InChI=1S/C21H20N6O2/c1-25-17(13-15-18(25)14-5-2-3-6-16(14)24-19(15)28)20(29)26-9-11-27(12-10-26)21-22-7-4-8-23-21/h2-8,13H,9-12H2,1H3,(H,24,28). The number of aromatic nitrogens is 4. The molecule has 1 N–H and O–H groups in total. The maximum Gasteiger partial charge on any atom is 0.270 e. The van der Waals surface area contributed by atoms with Crippen LogP contribution < -0.4 is 10.5 Å². The molecular weight excluding hydrogens is 368 g/mol. The fraction of sp³-hybridized carbons (Fsp3) is 0.238. The molecule has 1 saturated heterocycles. The average molecular weight is 388 g/mol. The third-order valence-corrected chi connectivity index (χ3v) is 5.53. The van der Waals surface area contributed by atoms with Crippen molar-refractivity contribution in [3.63, 3.8) is 0 Å². The summed E-state index contributed by atoms with van der Waals surface area (Å²) >= 11 is 0. The SMILES string of the molecule is Cn1c(C(=O)N2CCN(c3ncccn3)CC2)cc2c(=O)[nH]c3ccccc3c21. The fourth-order valence-corrected chi connectivity index (χ4v) is 4.02. The Morgan fingerprint density at radius 3 is 2.48 bits per heavy atom. The van der Waals surface area contributed by atoms with Crippen molar-refractivity contribution in [3.05, 3.63) is 64.8 Å². The van der Waals surface area contributed by atoms with Gasteiger partial charge in [-0.25, -0.2) is 9.97 Å². The van der Waals surface area contributed by atoms with Gasteiger partial charge >= 0.3 is 0 Å². The van der Waals surface area contributed by atoms with E-state index >= 15 is 0 Å². The van der Waals surface area contributed by atoms with Crippen molar-refractivity contribution in [2.24, 2.45) is 7.05 Å². The number of aryl methyl sites for hydroxylation is 1. The lowest BCUT2D eigenvalue weighted by molar-refractivity contribution is 0.0737. The van der Waals surface area contributed by atoms with Gasteiger partial charge in [0.25, 0.3) is 11.5 Å². The molecule has 29 heavy (non-hydrogen) atoms. The molecule has 0 bridgehead atoms. The molecule has 146 valence electrons. The van der Waals surface area contributed by atoms with Crippen LogP contribution in [0.2, 0.25) is 0 Å². The molecule has 4 heterocycles. The van der Waals surface area contributed by atoms with Gasteiger partial charge in [-0.15, -0.1) is 0 Å². The monoisotopic (exact) mass is 388 g/mol. The number of anilines is 1. The molecule has 4 aromatic rings. The second-order valence-corrected chi connectivity index (χ2v) is 7.18. The Balaban J connectivity index is 1.46. The van der Waals surface area contributed by atoms with Crippen molar-refractivity contribution in [2.75, 3.05) is 31.1 Å². The molecule has 8 nitrogen and oxygen atoms in total. The van der Waals surface area contributed by atoms with Crippen LogP contribution in [0.1, 0.15) is 10.5 Å². The Morgan fingerprint density at radius 2 is 1.72 bits per heavy atom. The third kappa shape index (κ3) is 2.84. The van der Waals surface area contributed by atoms with Crippen molar-refractivity contribution in [3.8, 4) is 0 Å². The molecule has 1 amide bonds. The molecule has 3 aromatic heterocycles. The first-order valence-corrected chi connectivity index (χ1v) is 9.55. The number of nitrogens with zero attached hydrogens (tertiary/aromatic N) is 5. The van der Waals surface area contributed by atoms with Crippen LogP contribution in [-0.4, -0.2) is 56.5 Å². The van der Waals surface area contributed by atoms with Gasteiger partial charge in [0.05, 0.1) is 16.4 Å². The van der Waals surface area contributed by atoms with Crippen LogP contribution in [-0.2, 0) is 7.05 Å². The van der Waals surface area contributed by atoms with E-state index in [9.17, 15) is 9.59 Å². The van der Waals surface area contributed by atoms with Gasteiger partial charge in [-0.1, -0.05) is 18.2 Å². The summed E-state index contributed by atoms with van der Waals surface area (Å²) < 4.78 is 1.84. The fourth-order valence-electron chi connectivity index (χ4n) is 4.02. The Hall–Kier alpha value is -3.68. The molecule has 0 spiro atoms. The molecular formula is C21H20N6O2. The molecule has 1 aliphatic heterocycles. The Bertz CT molecular complexity index is 1270. The maximum atomic E-state index is 13.2. The third-order valence-electron chi connectivity index (χ3n) is 5.53. The van der Waals surface area contributed by atoms with E-state index in [0.717, 1.165) is 16.4 Å². The number of hydrogen-bond donors (Lipinski definition) is 1. The molecule has 0 radical (unpaired) electrons. The van der Waals surface area contributed by atoms with E-state index in [2.05, 4.69) is 19.9 Å². The number of H-pyrrole nitrogens is 1. The second-order valence-electron chi connectivity index (χ2n) is 7.18. The topological polar surface area (TPSA) is 87.1 Å². The predicted molar refractivity (Wildman–Crippen MR) is 111 cm³/mol. The summed E-state index contributed by atoms with van der Waals surface area (Å²) in [4.78, 5) is 41.1. The van der Waals surface area contributed by atoms with Crippen molar-refractivity contribution in [1.82, 2.24) is 24.4 Å². The first-order chi connectivity index (χ1) is 14.1. The summed E-state index contributed by atoms with van der Waals surface area (Å²) in [6.45, 7) is 2.50. The lowest BCUT2D eigenvalue weighted by Crippen LogP contribution is -2.49. The van der Waals surface area contributed by atoms with Gasteiger partial charge in [0.1, 0.15) is 5.69 Å². The minimum absolute atomic E-state index is 0.0687. The summed E-state index contributed by atoms with van der Waals surface area (Å²) in [5.74, 6) is 0.614. The highest BCUT2D eigenvalue weighted by Gasteiger charge is 2.26. The van der Waals surface area contributed by atoms with E-state index < -0.39 is 0 Å². The number of carbonyl (C=O) groups is 1. The van der Waals surface area contributed by atoms with E-state index in [0.29, 0.717) is 43.2 Å². The molecule has 1 aliphatic rings. The van der Waals surface area contributed by atoms with Gasteiger partial charge in [0.2, 0.25) is 5.95 Å². The second kappa shape index (κ2) is 6.73. The Labute approximate surface area is 166 Å². The van der Waals surface area contributed by atoms with Crippen LogP contribution in [0, 0.1) is 0 Å². The van der Waals surface area contributed by atoms with Gasteiger partial charge < -0.3 is 19.4 Å². The number of amides is 1. The van der Waals surface area contributed by atoms with E-state index in [1.165, 1.54) is 0 Å². The van der Waals surface area contributed by atoms with Gasteiger partial charge in [0, 0.05) is 51.0 Å². The Morgan fingerprint density at radius 1 is 1.00 bits per heavy atom. The van der Waals surface area contributed by atoms with Crippen LogP contribution in [0.25, 0.3) is 21.8 Å². The smallest absolute Gasteiger partial charge is 0.270 e. The first kappa shape index (κ1) is 17.4. The number of hydrogen-bond acceptors (Lipinski definition) is 5. The lowest BCUT2D eigenvalue weighted by atomic mass is 10.1. The van der Waals surface area contributed by atoms with Crippen molar-refractivity contribution < 1.29 is 4.79 Å². The molecule has 0 aliphatic carbocycles. The predicted octanol–water partition coefficient (Wildman–Crippen LogP) is 1.77. The molecule has 5 rings (SSSR count). The van der Waals surface area contributed by atoms with Crippen LogP contribution in [0.4, 0.5) is 5.95 Å². The maximum absolute atomic E-state index is 13.2. The van der Waals surface area contributed by atoms with E-state index in [1.807, 2.05) is 40.8 Å². The van der Waals surface area contributed by atoms with Crippen LogP contribution in [0.5, 0.6) is 0 Å². The number of piperazine rings is 1. The minimum atomic E-state index is -0.181. The van der Waals surface area contributed by atoms with Crippen molar-refractivity contribution >= 4 is 33.7 Å². The minimum Gasteiger partial charge on any atom is -0.339 e. The first-order valence-electron chi connectivity index (χ1n) is 9.55. The Kier molecular flexibility index (Phi) is 4.04. The van der Waals surface area contributed by atoms with Gasteiger partial charge in [-0.2, -0.15) is 0 Å². The molecule has 0 unspecified atom stereocenters. The summed E-state index contributed by atoms with van der Waals surface area (Å²) in [6, 6.07) is 11.1.